The number of rotatable bonds is 4. The molecule has 1 aliphatic carbocycles. The molecule has 3 rings (SSSR count). The fraction of sp³-hybridized carbons (Fsp3) is 0.333. The average molecular weight is 328 g/mol. The molecule has 0 bridgehead atoms. The highest BCUT2D eigenvalue weighted by Crippen LogP contribution is 2.26. The lowest BCUT2D eigenvalue weighted by atomic mass is 10.2. The molecule has 1 aliphatic rings. The summed E-state index contributed by atoms with van der Waals surface area (Å²) in [6.45, 7) is 1.89. The molecule has 0 saturated heterocycles. The summed E-state index contributed by atoms with van der Waals surface area (Å²) in [4.78, 5) is 16.3. The van der Waals surface area contributed by atoms with Gasteiger partial charge in [0.05, 0.1) is 6.04 Å². The van der Waals surface area contributed by atoms with Crippen LogP contribution < -0.4 is 10.1 Å². The van der Waals surface area contributed by atoms with Crippen LogP contribution in [0.3, 0.4) is 0 Å². The Balaban J connectivity index is 1.64. The van der Waals surface area contributed by atoms with Crippen molar-refractivity contribution in [2.24, 2.45) is 0 Å². The van der Waals surface area contributed by atoms with Gasteiger partial charge in [0.15, 0.2) is 0 Å². The number of carbonyl (C=O) groups is 1. The number of hydrogen-bond donors (Lipinski definition) is 3. The van der Waals surface area contributed by atoms with Gasteiger partial charge < -0.3 is 20.3 Å². The van der Waals surface area contributed by atoms with Gasteiger partial charge in [-0.3, -0.25) is 9.78 Å². The molecule has 6 nitrogen and oxygen atoms in total. The molecule has 126 valence electrons. The van der Waals surface area contributed by atoms with Crippen LogP contribution in [-0.4, -0.2) is 45.5 Å². The Hall–Kier alpha value is -2.44. The molecule has 0 spiro atoms. The zero-order valence-electron chi connectivity index (χ0n) is 13.3. The summed E-state index contributed by atoms with van der Waals surface area (Å²) < 4.78 is 5.71. The highest BCUT2D eigenvalue weighted by molar-refractivity contribution is 5.92. The van der Waals surface area contributed by atoms with Crippen molar-refractivity contribution >= 4 is 5.91 Å². The van der Waals surface area contributed by atoms with E-state index in [0.717, 1.165) is 5.56 Å². The number of hydrogen-bond acceptors (Lipinski definition) is 5. The quantitative estimate of drug-likeness (QED) is 0.781. The average Bonchev–Trinajstić information content (AvgIpc) is 2.84. The van der Waals surface area contributed by atoms with Crippen LogP contribution in [0.15, 0.2) is 48.7 Å². The van der Waals surface area contributed by atoms with E-state index in [2.05, 4.69) is 10.3 Å². The van der Waals surface area contributed by atoms with Crippen LogP contribution in [0.2, 0.25) is 0 Å². The van der Waals surface area contributed by atoms with Gasteiger partial charge in [0.2, 0.25) is 0 Å². The number of nitrogens with zero attached hydrogens (tertiary/aromatic N) is 1. The first-order valence-corrected chi connectivity index (χ1v) is 7.86. The maximum Gasteiger partial charge on any atom is 0.270 e. The highest BCUT2D eigenvalue weighted by atomic mass is 16.5. The molecule has 1 aromatic carbocycles. The predicted molar refractivity (Wildman–Crippen MR) is 87.7 cm³/mol. The van der Waals surface area contributed by atoms with E-state index in [0.29, 0.717) is 12.2 Å². The van der Waals surface area contributed by atoms with Crippen molar-refractivity contribution in [3.8, 4) is 5.75 Å². The molecule has 1 saturated carbocycles. The number of ether oxygens (including phenoxy) is 1. The van der Waals surface area contributed by atoms with E-state index in [4.69, 9.17) is 4.74 Å². The molecule has 3 N–H and O–H groups in total. The molecule has 2 aromatic rings. The molecule has 6 heteroatoms. The van der Waals surface area contributed by atoms with Crippen molar-refractivity contribution < 1.29 is 19.7 Å². The van der Waals surface area contributed by atoms with Gasteiger partial charge in [-0.15, -0.1) is 0 Å². The number of aromatic nitrogens is 1. The van der Waals surface area contributed by atoms with Gasteiger partial charge in [0.25, 0.3) is 5.91 Å². The summed E-state index contributed by atoms with van der Waals surface area (Å²) in [5.74, 6) is 0.229. The van der Waals surface area contributed by atoms with E-state index in [1.165, 1.54) is 0 Å². The van der Waals surface area contributed by atoms with E-state index >= 15 is 0 Å². The first-order valence-electron chi connectivity index (χ1n) is 7.86. The van der Waals surface area contributed by atoms with Gasteiger partial charge in [0.1, 0.15) is 29.8 Å². The van der Waals surface area contributed by atoms with Crippen molar-refractivity contribution in [3.05, 3.63) is 59.9 Å². The highest BCUT2D eigenvalue weighted by Gasteiger charge is 2.43. The van der Waals surface area contributed by atoms with Crippen molar-refractivity contribution in [2.45, 2.75) is 37.7 Å². The number of para-hydroxylation sites is 1. The lowest BCUT2D eigenvalue weighted by molar-refractivity contribution is -0.0135. The second-order valence-corrected chi connectivity index (χ2v) is 5.99. The maximum absolute atomic E-state index is 12.2. The van der Waals surface area contributed by atoms with Crippen LogP contribution in [-0.2, 0) is 0 Å². The minimum atomic E-state index is -1.09. The molecule has 1 aromatic heterocycles. The van der Waals surface area contributed by atoms with Crippen LogP contribution >= 0.6 is 0 Å². The van der Waals surface area contributed by atoms with Gasteiger partial charge in [0, 0.05) is 12.6 Å². The van der Waals surface area contributed by atoms with E-state index in [1.807, 2.05) is 25.1 Å². The van der Waals surface area contributed by atoms with Gasteiger partial charge in [-0.1, -0.05) is 24.3 Å². The molecule has 0 unspecified atom stereocenters. The van der Waals surface area contributed by atoms with Crippen LogP contribution in [0.25, 0.3) is 0 Å². The van der Waals surface area contributed by atoms with Crippen LogP contribution in [0.1, 0.15) is 22.5 Å². The Kier molecular flexibility index (Phi) is 4.78. The Labute approximate surface area is 140 Å². The Morgan fingerprint density at radius 1 is 1.17 bits per heavy atom. The lowest BCUT2D eigenvalue weighted by Crippen LogP contribution is -2.43. The monoisotopic (exact) mass is 328 g/mol. The predicted octanol–water partition coefficient (Wildman–Crippen LogP) is 1.06. The topological polar surface area (TPSA) is 91.7 Å². The third-order valence-corrected chi connectivity index (χ3v) is 4.12. The molecule has 1 amide bonds. The summed E-state index contributed by atoms with van der Waals surface area (Å²) in [7, 11) is 0. The Morgan fingerprint density at radius 2 is 1.92 bits per heavy atom. The number of nitrogens with one attached hydrogen (secondary N) is 1. The van der Waals surface area contributed by atoms with Crippen LogP contribution in [0, 0.1) is 6.92 Å². The minimum absolute atomic E-state index is 0.273. The molecule has 0 aliphatic heterocycles. The van der Waals surface area contributed by atoms with Gasteiger partial charge in [-0.2, -0.15) is 0 Å². The Morgan fingerprint density at radius 3 is 2.58 bits per heavy atom. The van der Waals surface area contributed by atoms with E-state index < -0.39 is 24.4 Å². The second kappa shape index (κ2) is 6.98. The molecule has 1 heterocycles. The lowest BCUT2D eigenvalue weighted by Gasteiger charge is -2.18. The Bertz CT molecular complexity index is 690. The van der Waals surface area contributed by atoms with Gasteiger partial charge in [-0.25, -0.2) is 0 Å². The first-order chi connectivity index (χ1) is 11.5. The zero-order chi connectivity index (χ0) is 17.1. The van der Waals surface area contributed by atoms with Gasteiger partial charge >= 0.3 is 0 Å². The third kappa shape index (κ3) is 3.55. The van der Waals surface area contributed by atoms with Crippen LogP contribution in [0.4, 0.5) is 0 Å². The maximum atomic E-state index is 12.2. The summed E-state index contributed by atoms with van der Waals surface area (Å²) in [5, 5.41) is 23.1. The number of aryl methyl sites for hydroxylation is 1. The number of aliphatic hydroxyl groups is 2. The zero-order valence-corrected chi connectivity index (χ0v) is 13.3. The smallest absolute Gasteiger partial charge is 0.270 e. The number of aliphatic hydroxyl groups excluding tert-OH is 2. The van der Waals surface area contributed by atoms with E-state index in [-0.39, 0.29) is 11.6 Å². The molecular formula is C18H20N2O4. The minimum Gasteiger partial charge on any atom is -0.488 e. The van der Waals surface area contributed by atoms with Crippen molar-refractivity contribution in [2.75, 3.05) is 0 Å². The number of pyridine rings is 1. The fourth-order valence-electron chi connectivity index (χ4n) is 2.77. The molecular weight excluding hydrogens is 308 g/mol. The number of amides is 1. The fourth-order valence-corrected chi connectivity index (χ4v) is 2.77. The normalized spacial score (nSPS) is 26.1. The SMILES string of the molecule is Cc1ccc(C(=O)N[C@@H]2C[C@@H](Oc3ccccc3)[C@H](O)[C@H]2O)nc1. The number of benzene rings is 1. The van der Waals surface area contributed by atoms with Crippen LogP contribution in [0.5, 0.6) is 5.75 Å². The van der Waals surface area contributed by atoms with Crippen molar-refractivity contribution in [3.63, 3.8) is 0 Å². The van der Waals surface area contributed by atoms with Gasteiger partial charge in [-0.05, 0) is 30.7 Å². The molecule has 4 atom stereocenters. The first kappa shape index (κ1) is 16.4. The summed E-state index contributed by atoms with van der Waals surface area (Å²) in [6.07, 6.45) is -0.821. The molecule has 24 heavy (non-hydrogen) atoms. The number of carbonyl (C=O) groups excluding carboxylic acids is 1. The second-order valence-electron chi connectivity index (χ2n) is 5.99. The summed E-state index contributed by atoms with van der Waals surface area (Å²) in [6, 6.07) is 11.9. The molecule has 1 fully saturated rings. The summed E-state index contributed by atoms with van der Waals surface area (Å²) >= 11 is 0. The largest absolute Gasteiger partial charge is 0.488 e. The van der Waals surface area contributed by atoms with Crippen molar-refractivity contribution in [1.82, 2.24) is 10.3 Å². The third-order valence-electron chi connectivity index (χ3n) is 4.12. The van der Waals surface area contributed by atoms with Crippen molar-refractivity contribution in [1.29, 1.82) is 0 Å². The van der Waals surface area contributed by atoms with E-state index in [9.17, 15) is 15.0 Å². The molecule has 0 radical (unpaired) electrons. The standard InChI is InChI=1S/C18H20N2O4/c1-11-7-8-13(19-10-11)18(23)20-14-9-15(17(22)16(14)21)24-12-5-3-2-4-6-12/h2-8,10,14-17,21-22H,9H2,1H3,(H,20,23)/t14-,15-,16+,17+/m1/s1. The summed E-state index contributed by atoms with van der Waals surface area (Å²) in [5.41, 5.74) is 1.23. The van der Waals surface area contributed by atoms with E-state index in [1.54, 1.807) is 30.5 Å².